The number of nitrogens with one attached hydrogen (secondary N) is 2. The highest BCUT2D eigenvalue weighted by atomic mass is 16.4. The highest BCUT2D eigenvalue weighted by molar-refractivity contribution is 5.96. The Morgan fingerprint density at radius 2 is 1.96 bits per heavy atom. The van der Waals surface area contributed by atoms with Crippen molar-refractivity contribution in [3.05, 3.63) is 30.0 Å². The van der Waals surface area contributed by atoms with Crippen molar-refractivity contribution in [1.29, 1.82) is 0 Å². The number of hydrogen-bond donors (Lipinski definition) is 3. The van der Waals surface area contributed by atoms with Crippen molar-refractivity contribution in [3.63, 3.8) is 0 Å². The molecule has 1 aliphatic rings. The van der Waals surface area contributed by atoms with Gasteiger partial charge >= 0.3 is 5.97 Å². The average Bonchev–Trinajstić information content (AvgIpc) is 3.23. The van der Waals surface area contributed by atoms with Crippen LogP contribution in [-0.4, -0.2) is 28.9 Å². The monoisotopic (exact) mass is 358 g/mol. The smallest absolute Gasteiger partial charge is 0.371 e. The molecule has 2 amide bonds. The standard InChI is InChI=1S/C19H22N2O5/c1-11(20-18(23)12-4-2-3-5-12)8-17(22)21-14-6-7-15-13(9-14)10-16(26-15)19(24)25/h6-7,9-12H,2-5,8H2,1H3,(H,20,23)(H,21,22)(H,24,25). The zero-order valence-corrected chi connectivity index (χ0v) is 14.6. The number of furan rings is 1. The van der Waals surface area contributed by atoms with Gasteiger partial charge in [-0.2, -0.15) is 0 Å². The van der Waals surface area contributed by atoms with Crippen molar-refractivity contribution in [1.82, 2.24) is 5.32 Å². The first-order valence-electron chi connectivity index (χ1n) is 8.79. The lowest BCUT2D eigenvalue weighted by Gasteiger charge is -2.16. The van der Waals surface area contributed by atoms with Gasteiger partial charge in [-0.15, -0.1) is 0 Å². The molecule has 138 valence electrons. The number of anilines is 1. The van der Waals surface area contributed by atoms with Crippen LogP contribution in [0.25, 0.3) is 11.0 Å². The van der Waals surface area contributed by atoms with Crippen molar-refractivity contribution in [2.24, 2.45) is 5.92 Å². The van der Waals surface area contributed by atoms with Gasteiger partial charge in [0.25, 0.3) is 0 Å². The largest absolute Gasteiger partial charge is 0.475 e. The van der Waals surface area contributed by atoms with E-state index in [-0.39, 0.29) is 36.0 Å². The Bertz CT molecular complexity index is 836. The first-order chi connectivity index (χ1) is 12.4. The summed E-state index contributed by atoms with van der Waals surface area (Å²) in [5.74, 6) is -1.40. The van der Waals surface area contributed by atoms with E-state index in [2.05, 4.69) is 10.6 Å². The fourth-order valence-corrected chi connectivity index (χ4v) is 3.32. The normalized spacial score (nSPS) is 15.7. The van der Waals surface area contributed by atoms with E-state index in [0.29, 0.717) is 16.7 Å². The fourth-order valence-electron chi connectivity index (χ4n) is 3.32. The van der Waals surface area contributed by atoms with Crippen LogP contribution < -0.4 is 10.6 Å². The third-order valence-electron chi connectivity index (χ3n) is 4.62. The molecule has 7 nitrogen and oxygen atoms in total. The van der Waals surface area contributed by atoms with Crippen molar-refractivity contribution < 1.29 is 23.9 Å². The Balaban J connectivity index is 1.56. The Morgan fingerprint density at radius 1 is 1.23 bits per heavy atom. The third kappa shape index (κ3) is 4.22. The predicted octanol–water partition coefficient (Wildman–Crippen LogP) is 3.15. The Labute approximate surface area is 150 Å². The number of carboxylic acid groups (broad SMARTS) is 1. The quantitative estimate of drug-likeness (QED) is 0.735. The van der Waals surface area contributed by atoms with Crippen LogP contribution in [0.4, 0.5) is 5.69 Å². The summed E-state index contributed by atoms with van der Waals surface area (Å²) in [6.07, 6.45) is 4.20. The van der Waals surface area contributed by atoms with Crippen molar-refractivity contribution in [3.8, 4) is 0 Å². The molecule has 3 N–H and O–H groups in total. The molecular formula is C19H22N2O5. The zero-order valence-electron chi connectivity index (χ0n) is 14.6. The number of aromatic carboxylic acids is 1. The minimum Gasteiger partial charge on any atom is -0.475 e. The van der Waals surface area contributed by atoms with Crippen LogP contribution in [0.1, 0.15) is 49.6 Å². The maximum Gasteiger partial charge on any atom is 0.371 e. The highest BCUT2D eigenvalue weighted by Gasteiger charge is 2.24. The van der Waals surface area contributed by atoms with E-state index in [1.165, 1.54) is 6.07 Å². The molecule has 1 fully saturated rings. The second-order valence-corrected chi connectivity index (χ2v) is 6.81. The number of rotatable bonds is 6. The van der Waals surface area contributed by atoms with E-state index in [4.69, 9.17) is 9.52 Å². The Morgan fingerprint density at radius 3 is 2.65 bits per heavy atom. The minimum atomic E-state index is -1.14. The van der Waals surface area contributed by atoms with Crippen LogP contribution in [-0.2, 0) is 9.59 Å². The molecule has 1 aromatic carbocycles. The van der Waals surface area contributed by atoms with Crippen LogP contribution in [0.5, 0.6) is 0 Å². The molecule has 1 saturated carbocycles. The highest BCUT2D eigenvalue weighted by Crippen LogP contribution is 2.25. The molecule has 0 aliphatic heterocycles. The molecule has 0 spiro atoms. The summed E-state index contributed by atoms with van der Waals surface area (Å²) in [6.45, 7) is 1.81. The van der Waals surface area contributed by atoms with Gasteiger partial charge < -0.3 is 20.2 Å². The van der Waals surface area contributed by atoms with Gasteiger partial charge in [0, 0.05) is 29.5 Å². The van der Waals surface area contributed by atoms with E-state index in [1.54, 1.807) is 18.2 Å². The number of hydrogen-bond acceptors (Lipinski definition) is 4. The molecule has 0 bridgehead atoms. The van der Waals surface area contributed by atoms with E-state index in [9.17, 15) is 14.4 Å². The molecule has 7 heteroatoms. The number of carbonyl (C=O) groups excluding carboxylic acids is 2. The molecule has 1 unspecified atom stereocenters. The maximum atomic E-state index is 12.2. The van der Waals surface area contributed by atoms with Gasteiger partial charge in [-0.1, -0.05) is 12.8 Å². The molecule has 0 radical (unpaired) electrons. The lowest BCUT2D eigenvalue weighted by atomic mass is 10.1. The average molecular weight is 358 g/mol. The number of amides is 2. The number of carbonyl (C=O) groups is 3. The zero-order chi connectivity index (χ0) is 18.7. The number of benzene rings is 1. The molecule has 1 atom stereocenters. The van der Waals surface area contributed by atoms with Gasteiger partial charge in [0.15, 0.2) is 0 Å². The maximum absolute atomic E-state index is 12.2. The molecule has 2 aromatic rings. The molecule has 1 heterocycles. The summed E-state index contributed by atoms with van der Waals surface area (Å²) in [6, 6.07) is 6.09. The number of fused-ring (bicyclic) bond motifs is 1. The SMILES string of the molecule is CC(CC(=O)Nc1ccc2oc(C(=O)O)cc2c1)NC(=O)C1CCCC1. The lowest BCUT2D eigenvalue weighted by Crippen LogP contribution is -2.38. The summed E-state index contributed by atoms with van der Waals surface area (Å²) in [4.78, 5) is 35.2. The van der Waals surface area contributed by atoms with E-state index in [0.717, 1.165) is 25.7 Å². The molecule has 3 rings (SSSR count). The van der Waals surface area contributed by atoms with Crippen LogP contribution in [0.3, 0.4) is 0 Å². The number of carboxylic acids is 1. The first-order valence-corrected chi connectivity index (χ1v) is 8.79. The third-order valence-corrected chi connectivity index (χ3v) is 4.62. The summed E-state index contributed by atoms with van der Waals surface area (Å²) < 4.78 is 5.19. The molecule has 1 aromatic heterocycles. The van der Waals surface area contributed by atoms with Gasteiger partial charge in [-0.05, 0) is 44.0 Å². The molecule has 0 saturated heterocycles. The van der Waals surface area contributed by atoms with E-state index >= 15 is 0 Å². The lowest BCUT2D eigenvalue weighted by molar-refractivity contribution is -0.125. The topological polar surface area (TPSA) is 109 Å². The minimum absolute atomic E-state index is 0.0313. The van der Waals surface area contributed by atoms with Gasteiger partial charge in [-0.3, -0.25) is 9.59 Å². The molecule has 26 heavy (non-hydrogen) atoms. The summed E-state index contributed by atoms with van der Waals surface area (Å²) in [7, 11) is 0. The van der Waals surface area contributed by atoms with Crippen molar-refractivity contribution in [2.75, 3.05) is 5.32 Å². The summed E-state index contributed by atoms with van der Waals surface area (Å²) >= 11 is 0. The summed E-state index contributed by atoms with van der Waals surface area (Å²) in [5, 5.41) is 15.2. The van der Waals surface area contributed by atoms with Gasteiger partial charge in [0.1, 0.15) is 5.58 Å². The molecular weight excluding hydrogens is 336 g/mol. The first kappa shape index (κ1) is 18.0. The second-order valence-electron chi connectivity index (χ2n) is 6.81. The van der Waals surface area contributed by atoms with Crippen LogP contribution >= 0.6 is 0 Å². The van der Waals surface area contributed by atoms with Gasteiger partial charge in [-0.25, -0.2) is 4.79 Å². The van der Waals surface area contributed by atoms with Crippen LogP contribution in [0.15, 0.2) is 28.7 Å². The molecule has 1 aliphatic carbocycles. The predicted molar refractivity (Wildman–Crippen MR) is 96.0 cm³/mol. The van der Waals surface area contributed by atoms with Crippen molar-refractivity contribution in [2.45, 2.75) is 45.1 Å². The van der Waals surface area contributed by atoms with Gasteiger partial charge in [0.05, 0.1) is 0 Å². The van der Waals surface area contributed by atoms with Gasteiger partial charge in [0.2, 0.25) is 17.6 Å². The second kappa shape index (κ2) is 7.59. The van der Waals surface area contributed by atoms with E-state index < -0.39 is 5.97 Å². The van der Waals surface area contributed by atoms with E-state index in [1.807, 2.05) is 6.92 Å². The van der Waals surface area contributed by atoms with Crippen molar-refractivity contribution >= 4 is 34.4 Å². The summed E-state index contributed by atoms with van der Waals surface area (Å²) in [5.41, 5.74) is 0.993. The van der Waals surface area contributed by atoms with Crippen LogP contribution in [0.2, 0.25) is 0 Å². The Kier molecular flexibility index (Phi) is 5.25. The fraction of sp³-hybridized carbons (Fsp3) is 0.421. The van der Waals surface area contributed by atoms with Crippen LogP contribution in [0, 0.1) is 5.92 Å². The Hall–Kier alpha value is -2.83.